The van der Waals surface area contributed by atoms with E-state index in [4.69, 9.17) is 9.47 Å². The predicted octanol–water partition coefficient (Wildman–Crippen LogP) is 2.89. The van der Waals surface area contributed by atoms with Crippen LogP contribution >= 0.6 is 0 Å². The number of hydrogen-bond acceptors (Lipinski definition) is 5. The van der Waals surface area contributed by atoms with Gasteiger partial charge in [0.2, 0.25) is 10.0 Å². The van der Waals surface area contributed by atoms with Crippen LogP contribution in [0.15, 0.2) is 53.4 Å². The first-order valence-electron chi connectivity index (χ1n) is 10.4. The van der Waals surface area contributed by atoms with Crippen molar-refractivity contribution in [3.63, 3.8) is 0 Å². The molecule has 1 N–H and O–H groups in total. The van der Waals surface area contributed by atoms with Gasteiger partial charge in [-0.2, -0.15) is 4.31 Å². The molecule has 1 fully saturated rings. The lowest BCUT2D eigenvalue weighted by atomic mass is 9.88. The van der Waals surface area contributed by atoms with Gasteiger partial charge in [0.25, 0.3) is 5.91 Å². The molecule has 1 unspecified atom stereocenters. The molecule has 1 atom stereocenters. The van der Waals surface area contributed by atoms with Crippen LogP contribution in [-0.4, -0.2) is 58.6 Å². The Morgan fingerprint density at radius 2 is 1.81 bits per heavy atom. The van der Waals surface area contributed by atoms with Gasteiger partial charge in [0.1, 0.15) is 10.6 Å². The van der Waals surface area contributed by atoms with E-state index >= 15 is 0 Å². The number of methoxy groups -OCH3 is 1. The maximum atomic E-state index is 13.1. The summed E-state index contributed by atoms with van der Waals surface area (Å²) in [5.74, 6) is 0.380. The van der Waals surface area contributed by atoms with Crippen molar-refractivity contribution in [2.24, 2.45) is 5.92 Å². The third kappa shape index (κ3) is 5.44. The second-order valence-electron chi connectivity index (χ2n) is 7.85. The van der Waals surface area contributed by atoms with Crippen molar-refractivity contribution >= 4 is 15.9 Å². The third-order valence-electron chi connectivity index (χ3n) is 5.53. The highest BCUT2D eigenvalue weighted by Crippen LogP contribution is 2.29. The quantitative estimate of drug-likeness (QED) is 0.674. The molecule has 8 heteroatoms. The number of ether oxygens (including phenoxy) is 2. The lowest BCUT2D eigenvalue weighted by Crippen LogP contribution is -2.40. The molecule has 0 saturated carbocycles. The summed E-state index contributed by atoms with van der Waals surface area (Å²) < 4.78 is 38.2. The Bertz CT molecular complexity index is 986. The lowest BCUT2D eigenvalue weighted by molar-refractivity contribution is 0.0729. The van der Waals surface area contributed by atoms with Gasteiger partial charge >= 0.3 is 0 Å². The highest BCUT2D eigenvalue weighted by molar-refractivity contribution is 7.89. The second-order valence-corrected chi connectivity index (χ2v) is 9.76. The number of morpholine rings is 1. The van der Waals surface area contributed by atoms with Gasteiger partial charge in [-0.1, -0.05) is 44.2 Å². The average Bonchev–Trinajstić information content (AvgIpc) is 2.79. The van der Waals surface area contributed by atoms with Gasteiger partial charge in [0.05, 0.1) is 20.3 Å². The number of nitrogens with one attached hydrogen (secondary N) is 1. The maximum absolute atomic E-state index is 13.1. The zero-order valence-electron chi connectivity index (χ0n) is 18.2. The smallest absolute Gasteiger partial charge is 0.251 e. The molecule has 3 rings (SSSR count). The summed E-state index contributed by atoms with van der Waals surface area (Å²) in [6.45, 7) is 5.92. The van der Waals surface area contributed by atoms with E-state index in [1.54, 1.807) is 6.07 Å². The summed E-state index contributed by atoms with van der Waals surface area (Å²) in [5, 5.41) is 2.97. The minimum atomic E-state index is -3.80. The van der Waals surface area contributed by atoms with Crippen molar-refractivity contribution in [3.8, 4) is 5.75 Å². The van der Waals surface area contributed by atoms with Crippen LogP contribution in [0.4, 0.5) is 0 Å². The summed E-state index contributed by atoms with van der Waals surface area (Å²) in [5.41, 5.74) is 1.44. The van der Waals surface area contributed by atoms with E-state index in [2.05, 4.69) is 31.3 Å². The second kappa shape index (κ2) is 10.3. The minimum absolute atomic E-state index is 0.00646. The Morgan fingerprint density at radius 1 is 1.13 bits per heavy atom. The Labute approximate surface area is 184 Å². The normalized spacial score (nSPS) is 16.1. The van der Waals surface area contributed by atoms with Gasteiger partial charge in [0.15, 0.2) is 0 Å². The molecule has 0 aliphatic carbocycles. The van der Waals surface area contributed by atoms with E-state index in [0.717, 1.165) is 5.56 Å². The Balaban J connectivity index is 1.81. The number of hydrogen-bond donors (Lipinski definition) is 1. The Kier molecular flexibility index (Phi) is 7.69. The first kappa shape index (κ1) is 23.2. The van der Waals surface area contributed by atoms with E-state index in [1.807, 2.05) is 18.2 Å². The first-order chi connectivity index (χ1) is 14.8. The van der Waals surface area contributed by atoms with Gasteiger partial charge in [-0.05, 0) is 29.7 Å². The number of nitrogens with zero attached hydrogens (tertiary/aromatic N) is 1. The van der Waals surface area contributed by atoms with Gasteiger partial charge < -0.3 is 14.8 Å². The van der Waals surface area contributed by atoms with Crippen molar-refractivity contribution in [1.29, 1.82) is 0 Å². The molecule has 168 valence electrons. The predicted molar refractivity (Wildman–Crippen MR) is 119 cm³/mol. The van der Waals surface area contributed by atoms with Crippen LogP contribution < -0.4 is 10.1 Å². The first-order valence-corrected chi connectivity index (χ1v) is 11.9. The Morgan fingerprint density at radius 3 is 2.42 bits per heavy atom. The largest absolute Gasteiger partial charge is 0.495 e. The molecule has 31 heavy (non-hydrogen) atoms. The molecule has 1 aliphatic heterocycles. The number of benzene rings is 2. The number of carbonyl (C=O) groups excluding carboxylic acids is 1. The topological polar surface area (TPSA) is 84.9 Å². The number of amides is 1. The molecule has 2 aromatic carbocycles. The van der Waals surface area contributed by atoms with Crippen LogP contribution in [0, 0.1) is 5.92 Å². The van der Waals surface area contributed by atoms with E-state index < -0.39 is 10.0 Å². The van der Waals surface area contributed by atoms with E-state index in [1.165, 1.54) is 23.5 Å². The number of carbonyl (C=O) groups is 1. The van der Waals surface area contributed by atoms with Crippen LogP contribution in [0.3, 0.4) is 0 Å². The maximum Gasteiger partial charge on any atom is 0.251 e. The zero-order chi connectivity index (χ0) is 22.4. The SMILES string of the molecule is COc1ccc(C(=O)NCC(c2ccccc2)C(C)C)cc1S(=O)(=O)N1CCOCC1. The molecule has 0 radical (unpaired) electrons. The molecule has 7 nitrogen and oxygen atoms in total. The van der Waals surface area contributed by atoms with Crippen LogP contribution in [0.2, 0.25) is 0 Å². The molecule has 2 aromatic rings. The van der Waals surface area contributed by atoms with Crippen molar-refractivity contribution in [1.82, 2.24) is 9.62 Å². The standard InChI is InChI=1S/C23H30N2O5S/c1-17(2)20(18-7-5-4-6-8-18)16-24-23(26)19-9-10-21(29-3)22(15-19)31(27,28)25-11-13-30-14-12-25/h4-10,15,17,20H,11-14,16H2,1-3H3,(H,24,26). The van der Waals surface area contributed by atoms with Crippen molar-refractivity contribution < 1.29 is 22.7 Å². The van der Waals surface area contributed by atoms with Gasteiger partial charge in [-0.15, -0.1) is 0 Å². The summed E-state index contributed by atoms with van der Waals surface area (Å²) >= 11 is 0. The highest BCUT2D eigenvalue weighted by atomic mass is 32.2. The molecule has 1 aliphatic rings. The fourth-order valence-electron chi connectivity index (χ4n) is 3.69. The van der Waals surface area contributed by atoms with E-state index in [9.17, 15) is 13.2 Å². The van der Waals surface area contributed by atoms with E-state index in [-0.39, 0.29) is 41.1 Å². The Hall–Kier alpha value is -2.42. The fraction of sp³-hybridized carbons (Fsp3) is 0.435. The van der Waals surface area contributed by atoms with Gasteiger partial charge in [-0.25, -0.2) is 8.42 Å². The summed E-state index contributed by atoms with van der Waals surface area (Å²) in [6.07, 6.45) is 0. The van der Waals surface area contributed by atoms with Crippen molar-refractivity contribution in [2.75, 3.05) is 40.0 Å². The van der Waals surface area contributed by atoms with Gasteiger partial charge in [0, 0.05) is 31.1 Å². The van der Waals surface area contributed by atoms with Crippen LogP contribution in [0.5, 0.6) is 5.75 Å². The highest BCUT2D eigenvalue weighted by Gasteiger charge is 2.30. The molecule has 0 spiro atoms. The molecular formula is C23H30N2O5S. The molecule has 1 saturated heterocycles. The number of sulfonamides is 1. The van der Waals surface area contributed by atoms with Crippen LogP contribution in [0.1, 0.15) is 35.7 Å². The third-order valence-corrected chi connectivity index (χ3v) is 7.45. The number of rotatable bonds is 8. The summed E-state index contributed by atoms with van der Waals surface area (Å²) in [6, 6.07) is 14.5. The minimum Gasteiger partial charge on any atom is -0.495 e. The summed E-state index contributed by atoms with van der Waals surface area (Å²) in [4.78, 5) is 12.9. The molecule has 1 heterocycles. The molecule has 0 bridgehead atoms. The van der Waals surface area contributed by atoms with Crippen molar-refractivity contribution in [3.05, 3.63) is 59.7 Å². The summed E-state index contributed by atoms with van der Waals surface area (Å²) in [7, 11) is -2.38. The molecular weight excluding hydrogens is 416 g/mol. The van der Waals surface area contributed by atoms with E-state index in [0.29, 0.717) is 25.7 Å². The van der Waals surface area contributed by atoms with Gasteiger partial charge in [-0.3, -0.25) is 4.79 Å². The van der Waals surface area contributed by atoms with Crippen molar-refractivity contribution in [2.45, 2.75) is 24.7 Å². The monoisotopic (exact) mass is 446 g/mol. The lowest BCUT2D eigenvalue weighted by Gasteiger charge is -2.27. The van der Waals surface area contributed by atoms with Crippen LogP contribution in [0.25, 0.3) is 0 Å². The average molecular weight is 447 g/mol. The van der Waals surface area contributed by atoms with Crippen LogP contribution in [-0.2, 0) is 14.8 Å². The molecule has 0 aromatic heterocycles. The fourth-order valence-corrected chi connectivity index (χ4v) is 5.28. The zero-order valence-corrected chi connectivity index (χ0v) is 19.0. The molecule has 1 amide bonds.